The molecular formula is C12H13FN2O. The highest BCUT2D eigenvalue weighted by Crippen LogP contribution is 2.20. The molecule has 0 radical (unpaired) electrons. The van der Waals surface area contributed by atoms with Crippen LogP contribution < -0.4 is 0 Å². The molecule has 0 aliphatic carbocycles. The van der Waals surface area contributed by atoms with E-state index in [1.54, 1.807) is 23.0 Å². The van der Waals surface area contributed by atoms with Gasteiger partial charge in [-0.25, -0.2) is 9.37 Å². The van der Waals surface area contributed by atoms with Crippen molar-refractivity contribution < 1.29 is 9.50 Å². The van der Waals surface area contributed by atoms with Crippen LogP contribution in [0.1, 0.15) is 17.0 Å². The van der Waals surface area contributed by atoms with E-state index < -0.39 is 5.82 Å². The Bertz CT molecular complexity index is 520. The monoisotopic (exact) mass is 220 g/mol. The summed E-state index contributed by atoms with van der Waals surface area (Å²) in [4.78, 5) is 4.16. The number of imidazole rings is 1. The minimum Gasteiger partial charge on any atom is -0.391 e. The summed E-state index contributed by atoms with van der Waals surface area (Å²) < 4.78 is 15.3. The molecule has 2 rings (SSSR count). The Kier molecular flexibility index (Phi) is 2.75. The van der Waals surface area contributed by atoms with E-state index in [4.69, 9.17) is 0 Å². The lowest BCUT2D eigenvalue weighted by atomic mass is 10.1. The third kappa shape index (κ3) is 1.61. The second-order valence-electron chi connectivity index (χ2n) is 3.68. The molecule has 0 fully saturated rings. The standard InChI is InChI=1S/C12H13FN2O/c1-8-9(2)15(7-14-8)12-5-3-4-11(13)10(12)6-16/h3-5,7,16H,6H2,1-2H3. The minimum atomic E-state index is -0.397. The van der Waals surface area contributed by atoms with Crippen molar-refractivity contribution >= 4 is 0 Å². The zero-order chi connectivity index (χ0) is 11.7. The molecule has 0 amide bonds. The fourth-order valence-electron chi connectivity index (χ4n) is 1.67. The Morgan fingerprint density at radius 3 is 2.69 bits per heavy atom. The quantitative estimate of drug-likeness (QED) is 0.841. The summed E-state index contributed by atoms with van der Waals surface area (Å²) in [6.45, 7) is 3.48. The van der Waals surface area contributed by atoms with E-state index in [9.17, 15) is 9.50 Å². The van der Waals surface area contributed by atoms with E-state index in [1.165, 1.54) is 6.07 Å². The molecule has 0 saturated heterocycles. The smallest absolute Gasteiger partial charge is 0.130 e. The van der Waals surface area contributed by atoms with Gasteiger partial charge in [-0.1, -0.05) is 6.07 Å². The van der Waals surface area contributed by atoms with Gasteiger partial charge in [-0.15, -0.1) is 0 Å². The average molecular weight is 220 g/mol. The summed E-state index contributed by atoms with van der Waals surface area (Å²) in [5.74, 6) is -0.397. The van der Waals surface area contributed by atoms with Crippen LogP contribution in [0.3, 0.4) is 0 Å². The lowest BCUT2D eigenvalue weighted by molar-refractivity contribution is 0.275. The number of aryl methyl sites for hydroxylation is 1. The maximum atomic E-state index is 13.5. The fourth-order valence-corrected chi connectivity index (χ4v) is 1.67. The maximum Gasteiger partial charge on any atom is 0.130 e. The maximum absolute atomic E-state index is 13.5. The fraction of sp³-hybridized carbons (Fsp3) is 0.250. The van der Waals surface area contributed by atoms with E-state index in [1.807, 2.05) is 13.8 Å². The SMILES string of the molecule is Cc1ncn(-c2cccc(F)c2CO)c1C. The molecule has 1 N–H and O–H groups in total. The molecule has 0 atom stereocenters. The Morgan fingerprint density at radius 1 is 1.38 bits per heavy atom. The van der Waals surface area contributed by atoms with E-state index in [0.29, 0.717) is 11.3 Å². The average Bonchev–Trinajstić information content (AvgIpc) is 2.59. The van der Waals surface area contributed by atoms with Crippen molar-refractivity contribution in [3.63, 3.8) is 0 Å². The highest BCUT2D eigenvalue weighted by molar-refractivity contribution is 5.43. The van der Waals surface area contributed by atoms with Crippen LogP contribution in [0.5, 0.6) is 0 Å². The van der Waals surface area contributed by atoms with E-state index in [2.05, 4.69) is 4.98 Å². The lowest BCUT2D eigenvalue weighted by Gasteiger charge is -2.10. The second-order valence-corrected chi connectivity index (χ2v) is 3.68. The first-order chi connectivity index (χ1) is 7.65. The van der Waals surface area contributed by atoms with E-state index in [0.717, 1.165) is 11.4 Å². The van der Waals surface area contributed by atoms with Gasteiger partial charge in [0.2, 0.25) is 0 Å². The van der Waals surface area contributed by atoms with Crippen LogP contribution in [0.4, 0.5) is 4.39 Å². The first-order valence-electron chi connectivity index (χ1n) is 5.04. The number of aliphatic hydroxyl groups excluding tert-OH is 1. The van der Waals surface area contributed by atoms with Gasteiger partial charge in [-0.2, -0.15) is 0 Å². The minimum absolute atomic E-state index is 0.294. The number of nitrogens with zero attached hydrogens (tertiary/aromatic N) is 2. The van der Waals surface area contributed by atoms with Crippen molar-refractivity contribution in [2.24, 2.45) is 0 Å². The van der Waals surface area contributed by atoms with Crippen molar-refractivity contribution in [3.05, 3.63) is 47.3 Å². The van der Waals surface area contributed by atoms with Crippen LogP contribution in [0.25, 0.3) is 5.69 Å². The molecule has 0 aliphatic heterocycles. The summed E-state index contributed by atoms with van der Waals surface area (Å²) in [5, 5.41) is 9.18. The molecule has 1 aromatic carbocycles. The summed E-state index contributed by atoms with van der Waals surface area (Å²) >= 11 is 0. The van der Waals surface area contributed by atoms with Gasteiger partial charge in [-0.05, 0) is 26.0 Å². The predicted octanol–water partition coefficient (Wildman–Crippen LogP) is 2.12. The van der Waals surface area contributed by atoms with Crippen LogP contribution in [0, 0.1) is 19.7 Å². The highest BCUT2D eigenvalue weighted by Gasteiger charge is 2.11. The van der Waals surface area contributed by atoms with Crippen LogP contribution in [0.15, 0.2) is 24.5 Å². The second kappa shape index (κ2) is 4.06. The van der Waals surface area contributed by atoms with Gasteiger partial charge >= 0.3 is 0 Å². The van der Waals surface area contributed by atoms with Crippen molar-refractivity contribution in [2.45, 2.75) is 20.5 Å². The summed E-state index contributed by atoms with van der Waals surface area (Å²) in [6, 6.07) is 4.73. The molecule has 3 nitrogen and oxygen atoms in total. The molecule has 0 saturated carbocycles. The molecule has 0 aliphatic rings. The third-order valence-corrected chi connectivity index (χ3v) is 2.76. The first kappa shape index (κ1) is 10.8. The molecule has 0 unspecified atom stereocenters. The van der Waals surface area contributed by atoms with Gasteiger partial charge in [0.1, 0.15) is 5.82 Å². The lowest BCUT2D eigenvalue weighted by Crippen LogP contribution is -2.03. The number of hydrogen-bond acceptors (Lipinski definition) is 2. The summed E-state index contributed by atoms with van der Waals surface area (Å²) in [5.41, 5.74) is 2.78. The molecule has 4 heteroatoms. The van der Waals surface area contributed by atoms with Gasteiger partial charge in [0, 0.05) is 11.3 Å². The van der Waals surface area contributed by atoms with Gasteiger partial charge in [0.15, 0.2) is 0 Å². The number of aromatic nitrogens is 2. The normalized spacial score (nSPS) is 10.8. The third-order valence-electron chi connectivity index (χ3n) is 2.76. The number of halogens is 1. The van der Waals surface area contributed by atoms with Crippen molar-refractivity contribution in [1.82, 2.24) is 9.55 Å². The first-order valence-corrected chi connectivity index (χ1v) is 5.04. The molecule has 0 spiro atoms. The Balaban J connectivity index is 2.64. The Morgan fingerprint density at radius 2 is 2.12 bits per heavy atom. The molecule has 2 aromatic rings. The zero-order valence-corrected chi connectivity index (χ0v) is 9.24. The van der Waals surface area contributed by atoms with Crippen molar-refractivity contribution in [1.29, 1.82) is 0 Å². The van der Waals surface area contributed by atoms with Crippen LogP contribution in [-0.4, -0.2) is 14.7 Å². The van der Waals surface area contributed by atoms with Gasteiger partial charge in [0.05, 0.1) is 24.3 Å². The van der Waals surface area contributed by atoms with Crippen molar-refractivity contribution in [3.8, 4) is 5.69 Å². The molecule has 16 heavy (non-hydrogen) atoms. The number of hydrogen-bond donors (Lipinski definition) is 1. The molecule has 84 valence electrons. The molecule has 1 aromatic heterocycles. The van der Waals surface area contributed by atoms with Gasteiger partial charge in [0.25, 0.3) is 0 Å². The van der Waals surface area contributed by atoms with Crippen molar-refractivity contribution in [2.75, 3.05) is 0 Å². The molecule has 1 heterocycles. The summed E-state index contributed by atoms with van der Waals surface area (Å²) in [6.07, 6.45) is 1.64. The largest absolute Gasteiger partial charge is 0.391 e. The zero-order valence-electron chi connectivity index (χ0n) is 9.24. The number of rotatable bonds is 2. The van der Waals surface area contributed by atoms with E-state index in [-0.39, 0.29) is 6.61 Å². The Hall–Kier alpha value is -1.68. The number of benzene rings is 1. The predicted molar refractivity (Wildman–Crippen MR) is 58.9 cm³/mol. The summed E-state index contributed by atoms with van der Waals surface area (Å²) in [7, 11) is 0. The molecule has 0 bridgehead atoms. The van der Waals surface area contributed by atoms with Gasteiger partial charge in [-0.3, -0.25) is 0 Å². The highest BCUT2D eigenvalue weighted by atomic mass is 19.1. The van der Waals surface area contributed by atoms with E-state index >= 15 is 0 Å². The molecular weight excluding hydrogens is 207 g/mol. The van der Waals surface area contributed by atoms with Crippen LogP contribution in [0.2, 0.25) is 0 Å². The van der Waals surface area contributed by atoms with Crippen LogP contribution >= 0.6 is 0 Å². The number of aliphatic hydroxyl groups is 1. The van der Waals surface area contributed by atoms with Crippen LogP contribution in [-0.2, 0) is 6.61 Å². The van der Waals surface area contributed by atoms with Gasteiger partial charge < -0.3 is 9.67 Å². The Labute approximate surface area is 93.2 Å². The topological polar surface area (TPSA) is 38.0 Å².